The van der Waals surface area contributed by atoms with Crippen LogP contribution in [0.3, 0.4) is 0 Å². The number of carbonyl (C=O) groups is 2. The van der Waals surface area contributed by atoms with Gasteiger partial charge in [0.05, 0.1) is 6.61 Å². The van der Waals surface area contributed by atoms with Gasteiger partial charge in [-0.2, -0.15) is 0 Å². The molecule has 1 N–H and O–H groups in total. The second-order valence-electron chi connectivity index (χ2n) is 5.53. The van der Waals surface area contributed by atoms with Gasteiger partial charge in [0.2, 0.25) is 11.8 Å². The first-order valence-electron chi connectivity index (χ1n) is 7.36. The Balaban J connectivity index is 1.96. The average Bonchev–Trinajstić information content (AvgIpc) is 2.54. The standard InChI is InChI=1S/C14H24N2O3/c1-2-4-12-14(18)16(7-6-13(17)15-12)9-11-5-3-8-19-10-11/h11-12H,2-10H2,1H3,(H,15,17). The largest absolute Gasteiger partial charge is 0.381 e. The molecule has 0 aromatic carbocycles. The number of amides is 2. The zero-order chi connectivity index (χ0) is 13.7. The van der Waals surface area contributed by atoms with Crippen LogP contribution in [-0.4, -0.2) is 49.1 Å². The van der Waals surface area contributed by atoms with Crippen LogP contribution in [0, 0.1) is 5.92 Å². The van der Waals surface area contributed by atoms with Gasteiger partial charge in [0.25, 0.3) is 0 Å². The summed E-state index contributed by atoms with van der Waals surface area (Å²) in [5.41, 5.74) is 0. The molecule has 2 amide bonds. The molecule has 0 bridgehead atoms. The third-order valence-electron chi connectivity index (χ3n) is 3.86. The maximum atomic E-state index is 12.4. The normalized spacial score (nSPS) is 29.0. The van der Waals surface area contributed by atoms with E-state index in [0.29, 0.717) is 18.9 Å². The number of rotatable bonds is 4. The molecule has 0 saturated carbocycles. The molecule has 108 valence electrons. The third kappa shape index (κ3) is 3.93. The molecule has 0 aromatic rings. The third-order valence-corrected chi connectivity index (χ3v) is 3.86. The van der Waals surface area contributed by atoms with Crippen LogP contribution >= 0.6 is 0 Å². The van der Waals surface area contributed by atoms with Crippen molar-refractivity contribution in [2.24, 2.45) is 5.92 Å². The lowest BCUT2D eigenvalue weighted by Crippen LogP contribution is -2.46. The van der Waals surface area contributed by atoms with E-state index in [1.54, 1.807) is 0 Å². The van der Waals surface area contributed by atoms with E-state index in [0.717, 1.165) is 45.4 Å². The first-order chi connectivity index (χ1) is 9.20. The van der Waals surface area contributed by atoms with Gasteiger partial charge < -0.3 is 15.0 Å². The molecule has 2 saturated heterocycles. The highest BCUT2D eigenvalue weighted by Gasteiger charge is 2.30. The SMILES string of the molecule is CCCC1NC(=O)CCN(CC2CCCOC2)C1=O. The molecule has 2 fully saturated rings. The van der Waals surface area contributed by atoms with Crippen molar-refractivity contribution in [2.75, 3.05) is 26.3 Å². The number of nitrogens with zero attached hydrogens (tertiary/aromatic N) is 1. The van der Waals surface area contributed by atoms with Crippen molar-refractivity contribution in [1.82, 2.24) is 10.2 Å². The highest BCUT2D eigenvalue weighted by molar-refractivity contribution is 5.89. The first-order valence-corrected chi connectivity index (χ1v) is 7.36. The number of nitrogens with one attached hydrogen (secondary N) is 1. The van der Waals surface area contributed by atoms with E-state index in [4.69, 9.17) is 4.74 Å². The Morgan fingerprint density at radius 1 is 1.42 bits per heavy atom. The van der Waals surface area contributed by atoms with Crippen LogP contribution in [0.4, 0.5) is 0 Å². The smallest absolute Gasteiger partial charge is 0.245 e. The van der Waals surface area contributed by atoms with Crippen LogP contribution < -0.4 is 5.32 Å². The second kappa shape index (κ2) is 6.89. The molecule has 2 unspecified atom stereocenters. The van der Waals surface area contributed by atoms with Gasteiger partial charge in [-0.25, -0.2) is 0 Å². The van der Waals surface area contributed by atoms with Gasteiger partial charge in [0, 0.05) is 26.1 Å². The summed E-state index contributed by atoms with van der Waals surface area (Å²) in [5, 5.41) is 2.84. The predicted molar refractivity (Wildman–Crippen MR) is 71.6 cm³/mol. The topological polar surface area (TPSA) is 58.6 Å². The Hall–Kier alpha value is -1.10. The molecule has 0 aromatic heterocycles. The maximum Gasteiger partial charge on any atom is 0.245 e. The maximum absolute atomic E-state index is 12.4. The van der Waals surface area contributed by atoms with Gasteiger partial charge >= 0.3 is 0 Å². The van der Waals surface area contributed by atoms with E-state index in [9.17, 15) is 9.59 Å². The van der Waals surface area contributed by atoms with E-state index in [1.165, 1.54) is 0 Å². The van der Waals surface area contributed by atoms with Crippen LogP contribution in [-0.2, 0) is 14.3 Å². The monoisotopic (exact) mass is 268 g/mol. The van der Waals surface area contributed by atoms with E-state index in [2.05, 4.69) is 5.32 Å². The number of hydrogen-bond donors (Lipinski definition) is 1. The highest BCUT2D eigenvalue weighted by Crippen LogP contribution is 2.17. The molecule has 0 spiro atoms. The summed E-state index contributed by atoms with van der Waals surface area (Å²) in [5.74, 6) is 0.501. The highest BCUT2D eigenvalue weighted by atomic mass is 16.5. The average molecular weight is 268 g/mol. The summed E-state index contributed by atoms with van der Waals surface area (Å²) >= 11 is 0. The van der Waals surface area contributed by atoms with Gasteiger partial charge in [-0.05, 0) is 25.2 Å². The van der Waals surface area contributed by atoms with Crippen LogP contribution in [0.2, 0.25) is 0 Å². The van der Waals surface area contributed by atoms with Gasteiger partial charge in [0.1, 0.15) is 6.04 Å². The minimum Gasteiger partial charge on any atom is -0.381 e. The van der Waals surface area contributed by atoms with E-state index >= 15 is 0 Å². The van der Waals surface area contributed by atoms with Crippen molar-refractivity contribution in [1.29, 1.82) is 0 Å². The molecule has 2 aliphatic heterocycles. The molecule has 19 heavy (non-hydrogen) atoms. The molecule has 2 aliphatic rings. The van der Waals surface area contributed by atoms with Crippen LogP contribution in [0.25, 0.3) is 0 Å². The Kier molecular flexibility index (Phi) is 5.19. The summed E-state index contributed by atoms with van der Waals surface area (Å²) in [4.78, 5) is 25.9. The molecule has 5 nitrogen and oxygen atoms in total. The zero-order valence-corrected chi connectivity index (χ0v) is 11.7. The Morgan fingerprint density at radius 2 is 2.26 bits per heavy atom. The Morgan fingerprint density at radius 3 is 2.95 bits per heavy atom. The number of carbonyl (C=O) groups excluding carboxylic acids is 2. The van der Waals surface area contributed by atoms with Gasteiger partial charge in [-0.15, -0.1) is 0 Å². The second-order valence-corrected chi connectivity index (χ2v) is 5.53. The summed E-state index contributed by atoms with van der Waals surface area (Å²) < 4.78 is 5.47. The van der Waals surface area contributed by atoms with E-state index in [1.807, 2.05) is 11.8 Å². The van der Waals surface area contributed by atoms with Crippen LogP contribution in [0.15, 0.2) is 0 Å². The lowest BCUT2D eigenvalue weighted by Gasteiger charge is -2.30. The lowest BCUT2D eigenvalue weighted by molar-refractivity contribution is -0.134. The molecular weight excluding hydrogens is 244 g/mol. The molecule has 5 heteroatoms. The fourth-order valence-electron chi connectivity index (χ4n) is 2.82. The van der Waals surface area contributed by atoms with E-state index < -0.39 is 0 Å². The Bertz CT molecular complexity index is 327. The molecule has 0 radical (unpaired) electrons. The summed E-state index contributed by atoms with van der Waals surface area (Å²) in [6.07, 6.45) is 4.23. The molecule has 0 aliphatic carbocycles. The Labute approximate surface area is 114 Å². The fraction of sp³-hybridized carbons (Fsp3) is 0.857. The van der Waals surface area contributed by atoms with Crippen molar-refractivity contribution in [2.45, 2.75) is 45.1 Å². The van der Waals surface area contributed by atoms with Gasteiger partial charge in [-0.1, -0.05) is 13.3 Å². The fourth-order valence-corrected chi connectivity index (χ4v) is 2.82. The molecular formula is C14H24N2O3. The lowest BCUT2D eigenvalue weighted by atomic mass is 10.0. The quantitative estimate of drug-likeness (QED) is 0.825. The van der Waals surface area contributed by atoms with Gasteiger partial charge in [-0.3, -0.25) is 9.59 Å². The van der Waals surface area contributed by atoms with Crippen molar-refractivity contribution in [3.8, 4) is 0 Å². The van der Waals surface area contributed by atoms with Crippen LogP contribution in [0.5, 0.6) is 0 Å². The zero-order valence-electron chi connectivity index (χ0n) is 11.7. The summed E-state index contributed by atoms with van der Waals surface area (Å²) in [6.45, 7) is 4.88. The number of ether oxygens (including phenoxy) is 1. The number of hydrogen-bond acceptors (Lipinski definition) is 3. The molecule has 2 heterocycles. The molecule has 2 atom stereocenters. The minimum absolute atomic E-state index is 0.00538. The van der Waals surface area contributed by atoms with Crippen molar-refractivity contribution in [3.63, 3.8) is 0 Å². The van der Waals surface area contributed by atoms with Crippen LogP contribution in [0.1, 0.15) is 39.0 Å². The van der Waals surface area contributed by atoms with Crippen molar-refractivity contribution < 1.29 is 14.3 Å². The predicted octanol–water partition coefficient (Wildman–Crippen LogP) is 0.930. The van der Waals surface area contributed by atoms with Crippen molar-refractivity contribution in [3.05, 3.63) is 0 Å². The van der Waals surface area contributed by atoms with Crippen molar-refractivity contribution >= 4 is 11.8 Å². The van der Waals surface area contributed by atoms with E-state index in [-0.39, 0.29) is 17.9 Å². The minimum atomic E-state index is -0.329. The van der Waals surface area contributed by atoms with Gasteiger partial charge in [0.15, 0.2) is 0 Å². The molecule has 2 rings (SSSR count). The summed E-state index contributed by atoms with van der Waals surface area (Å²) in [7, 11) is 0. The first kappa shape index (κ1) is 14.3. The summed E-state index contributed by atoms with van der Waals surface area (Å²) in [6, 6.07) is -0.329.